The maximum absolute atomic E-state index is 5.45. The highest BCUT2D eigenvalue weighted by molar-refractivity contribution is 9.10. The van der Waals surface area contributed by atoms with E-state index in [-0.39, 0.29) is 6.07 Å². The number of benzene rings is 1. The molecule has 2 nitrogen and oxygen atoms in total. The van der Waals surface area contributed by atoms with Gasteiger partial charge in [0.15, 0.2) is 6.07 Å². The summed E-state index contributed by atoms with van der Waals surface area (Å²) in [4.78, 5) is 4.11. The molecule has 0 radical (unpaired) electrons. The van der Waals surface area contributed by atoms with Crippen LogP contribution in [0.2, 0.25) is 0 Å². The van der Waals surface area contributed by atoms with E-state index < -0.39 is 0 Å². The molecular formula is C10H7BrClNO. The molecule has 0 saturated heterocycles. The molecule has 0 aliphatic heterocycles. The van der Waals surface area contributed by atoms with Crippen molar-refractivity contribution in [2.24, 2.45) is 0 Å². The van der Waals surface area contributed by atoms with Gasteiger partial charge in [-0.2, -0.15) is 0 Å². The summed E-state index contributed by atoms with van der Waals surface area (Å²) in [5.41, 5.74) is 0. The fourth-order valence-electron chi connectivity index (χ4n) is 1.25. The third-order valence-electron chi connectivity index (χ3n) is 1.89. The van der Waals surface area contributed by atoms with Crippen molar-refractivity contribution in [2.75, 3.05) is 6.07 Å². The lowest BCUT2D eigenvalue weighted by atomic mass is 10.2. The zero-order valence-electron chi connectivity index (χ0n) is 7.21. The van der Waals surface area contributed by atoms with Crippen molar-refractivity contribution in [1.29, 1.82) is 0 Å². The summed E-state index contributed by atoms with van der Waals surface area (Å²) < 4.78 is 6.13. The first-order valence-electron chi connectivity index (χ1n) is 4.04. The molecule has 1 aromatic heterocycles. The first-order valence-corrected chi connectivity index (χ1v) is 5.37. The van der Waals surface area contributed by atoms with E-state index in [1.54, 1.807) is 6.20 Å². The van der Waals surface area contributed by atoms with Crippen LogP contribution in [-0.2, 0) is 0 Å². The highest BCUT2D eigenvalue weighted by Crippen LogP contribution is 2.25. The number of rotatable bonds is 2. The predicted molar refractivity (Wildman–Crippen MR) is 60.8 cm³/mol. The second-order valence-corrected chi connectivity index (χ2v) is 3.81. The predicted octanol–water partition coefficient (Wildman–Crippen LogP) is 3.57. The molecule has 0 N–H and O–H groups in total. The zero-order chi connectivity index (χ0) is 9.97. The second-order valence-electron chi connectivity index (χ2n) is 2.74. The third-order valence-corrected chi connectivity index (χ3v) is 2.69. The largest absolute Gasteiger partial charge is 0.461 e. The average Bonchev–Trinajstić information content (AvgIpc) is 2.20. The molecule has 72 valence electrons. The second kappa shape index (κ2) is 4.15. The molecule has 0 aliphatic carbocycles. The van der Waals surface area contributed by atoms with E-state index in [0.717, 1.165) is 15.2 Å². The van der Waals surface area contributed by atoms with Gasteiger partial charge in [-0.15, -0.1) is 0 Å². The van der Waals surface area contributed by atoms with Crippen molar-refractivity contribution in [3.63, 3.8) is 0 Å². The Morgan fingerprint density at radius 1 is 1.43 bits per heavy atom. The molecule has 0 aliphatic rings. The molecule has 0 saturated carbocycles. The summed E-state index contributed by atoms with van der Waals surface area (Å²) in [7, 11) is 0. The standard InChI is InChI=1S/C10H7BrClNO/c11-9-3-1-2-7-5-13-10(14-6-12)4-8(7)9/h1-5H,6H2. The van der Waals surface area contributed by atoms with Crippen LogP contribution < -0.4 is 4.74 Å². The SMILES string of the molecule is ClCOc1cc2c(Br)cccc2cn1. The molecule has 2 aromatic rings. The summed E-state index contributed by atoms with van der Waals surface area (Å²) in [5.74, 6) is 0.541. The lowest BCUT2D eigenvalue weighted by Gasteiger charge is -2.03. The quantitative estimate of drug-likeness (QED) is 0.780. The summed E-state index contributed by atoms with van der Waals surface area (Å²) in [6.45, 7) is 0. The summed E-state index contributed by atoms with van der Waals surface area (Å²) in [5, 5.41) is 2.14. The maximum atomic E-state index is 5.45. The van der Waals surface area contributed by atoms with Gasteiger partial charge in [-0.05, 0) is 6.07 Å². The number of pyridine rings is 1. The molecular weight excluding hydrogens is 265 g/mol. The minimum Gasteiger partial charge on any atom is -0.461 e. The highest BCUT2D eigenvalue weighted by atomic mass is 79.9. The van der Waals surface area contributed by atoms with Gasteiger partial charge in [-0.3, -0.25) is 0 Å². The number of halogens is 2. The van der Waals surface area contributed by atoms with Crippen LogP contribution in [0.15, 0.2) is 34.9 Å². The van der Waals surface area contributed by atoms with Crippen molar-refractivity contribution in [3.8, 4) is 5.88 Å². The van der Waals surface area contributed by atoms with Crippen LogP contribution in [0.5, 0.6) is 5.88 Å². The third kappa shape index (κ3) is 1.83. The summed E-state index contributed by atoms with van der Waals surface area (Å²) in [6.07, 6.45) is 1.77. The molecule has 4 heteroatoms. The maximum Gasteiger partial charge on any atom is 0.215 e. The highest BCUT2D eigenvalue weighted by Gasteiger charge is 2.01. The zero-order valence-corrected chi connectivity index (χ0v) is 9.55. The van der Waals surface area contributed by atoms with E-state index in [2.05, 4.69) is 20.9 Å². The van der Waals surface area contributed by atoms with Gasteiger partial charge in [-0.1, -0.05) is 39.7 Å². The molecule has 0 atom stereocenters. The van der Waals surface area contributed by atoms with Gasteiger partial charge in [0.05, 0.1) is 0 Å². The van der Waals surface area contributed by atoms with Gasteiger partial charge in [0.1, 0.15) is 0 Å². The van der Waals surface area contributed by atoms with Crippen LogP contribution >= 0.6 is 27.5 Å². The lowest BCUT2D eigenvalue weighted by Crippen LogP contribution is -1.91. The number of alkyl halides is 1. The van der Waals surface area contributed by atoms with E-state index in [1.807, 2.05) is 24.3 Å². The number of ether oxygens (including phenoxy) is 1. The van der Waals surface area contributed by atoms with Crippen molar-refractivity contribution < 1.29 is 4.74 Å². The number of hydrogen-bond donors (Lipinski definition) is 0. The van der Waals surface area contributed by atoms with Crippen LogP contribution in [-0.4, -0.2) is 11.1 Å². The molecule has 1 aromatic carbocycles. The summed E-state index contributed by atoms with van der Waals surface area (Å²) >= 11 is 8.92. The van der Waals surface area contributed by atoms with Crippen LogP contribution in [0.3, 0.4) is 0 Å². The Balaban J connectivity index is 2.58. The fourth-order valence-corrected chi connectivity index (χ4v) is 1.86. The Kier molecular flexibility index (Phi) is 2.89. The smallest absolute Gasteiger partial charge is 0.215 e. The fraction of sp³-hybridized carbons (Fsp3) is 0.100. The Morgan fingerprint density at radius 2 is 2.29 bits per heavy atom. The molecule has 2 rings (SSSR count). The Morgan fingerprint density at radius 3 is 3.07 bits per heavy atom. The van der Waals surface area contributed by atoms with E-state index in [9.17, 15) is 0 Å². The van der Waals surface area contributed by atoms with Crippen LogP contribution in [0, 0.1) is 0 Å². The normalized spacial score (nSPS) is 10.4. The van der Waals surface area contributed by atoms with Crippen LogP contribution in [0.4, 0.5) is 0 Å². The van der Waals surface area contributed by atoms with E-state index >= 15 is 0 Å². The molecule has 0 unspecified atom stereocenters. The number of aromatic nitrogens is 1. The average molecular weight is 273 g/mol. The van der Waals surface area contributed by atoms with Gasteiger partial charge in [0, 0.05) is 27.5 Å². The monoisotopic (exact) mass is 271 g/mol. The summed E-state index contributed by atoms with van der Waals surface area (Å²) in [6, 6.07) is 7.92. The van der Waals surface area contributed by atoms with E-state index in [0.29, 0.717) is 5.88 Å². The van der Waals surface area contributed by atoms with Crippen molar-refractivity contribution in [2.45, 2.75) is 0 Å². The first kappa shape index (κ1) is 9.74. The molecule has 0 bridgehead atoms. The van der Waals surface area contributed by atoms with Gasteiger partial charge < -0.3 is 4.74 Å². The molecule has 0 fully saturated rings. The van der Waals surface area contributed by atoms with Gasteiger partial charge >= 0.3 is 0 Å². The van der Waals surface area contributed by atoms with Gasteiger partial charge in [-0.25, -0.2) is 4.98 Å². The molecule has 1 heterocycles. The minimum absolute atomic E-state index is 0.114. The Labute approximate surface area is 95.0 Å². The number of fused-ring (bicyclic) bond motifs is 1. The van der Waals surface area contributed by atoms with Crippen molar-refractivity contribution in [3.05, 3.63) is 34.9 Å². The van der Waals surface area contributed by atoms with Gasteiger partial charge in [0.25, 0.3) is 0 Å². The molecule has 0 spiro atoms. The van der Waals surface area contributed by atoms with Crippen molar-refractivity contribution >= 4 is 38.3 Å². The van der Waals surface area contributed by atoms with Crippen molar-refractivity contribution in [1.82, 2.24) is 4.98 Å². The van der Waals surface area contributed by atoms with Crippen LogP contribution in [0.25, 0.3) is 10.8 Å². The van der Waals surface area contributed by atoms with E-state index in [1.165, 1.54) is 0 Å². The van der Waals surface area contributed by atoms with Crippen LogP contribution in [0.1, 0.15) is 0 Å². The molecule has 14 heavy (non-hydrogen) atoms. The number of hydrogen-bond acceptors (Lipinski definition) is 2. The first-order chi connectivity index (χ1) is 6.81. The lowest BCUT2D eigenvalue weighted by molar-refractivity contribution is 0.373. The minimum atomic E-state index is 0.114. The topological polar surface area (TPSA) is 22.1 Å². The van der Waals surface area contributed by atoms with E-state index in [4.69, 9.17) is 16.3 Å². The number of nitrogens with zero attached hydrogens (tertiary/aromatic N) is 1. The Hall–Kier alpha value is -0.800. The Bertz CT molecular complexity index is 461. The van der Waals surface area contributed by atoms with Gasteiger partial charge in [0.2, 0.25) is 5.88 Å². The molecule has 0 amide bonds.